The largest absolute Gasteiger partial charge is 0.451 e. The summed E-state index contributed by atoms with van der Waals surface area (Å²) in [7, 11) is 0. The fourth-order valence-electron chi connectivity index (χ4n) is 3.42. The summed E-state index contributed by atoms with van der Waals surface area (Å²) in [6.07, 6.45) is -1.21. The monoisotopic (exact) mass is 422 g/mol. The van der Waals surface area contributed by atoms with Gasteiger partial charge in [-0.3, -0.25) is 34.0 Å². The lowest BCUT2D eigenvalue weighted by atomic mass is 10.1. The summed E-state index contributed by atoms with van der Waals surface area (Å²) in [6, 6.07) is 13.0. The zero-order valence-electron chi connectivity index (χ0n) is 16.5. The predicted octanol–water partition coefficient (Wildman–Crippen LogP) is 0.607. The van der Waals surface area contributed by atoms with Gasteiger partial charge in [-0.05, 0) is 31.2 Å². The number of hydrogen-bond acceptors (Lipinski definition) is 6. The molecular formula is C21H18N4O6. The minimum atomic E-state index is -1.21. The SMILES string of the molecule is CC(OC(=O)Cn1[nH]c(=O)c2ccccc2c1=O)C(=O)N1CC(=O)Nc2ccccc21. The number of H-pyrrole nitrogens is 1. The standard InChI is InChI=1S/C21H18N4O6/c1-12(20(29)24-10-17(26)22-15-8-4-5-9-16(15)24)31-18(27)11-25-21(30)14-7-3-2-6-13(14)19(28)23-25/h2-9,12H,10-11H2,1H3,(H,22,26)(H,23,28). The Kier molecular flexibility index (Phi) is 5.12. The van der Waals surface area contributed by atoms with Crippen LogP contribution in [0.5, 0.6) is 0 Å². The van der Waals surface area contributed by atoms with Gasteiger partial charge >= 0.3 is 5.97 Å². The molecule has 1 unspecified atom stereocenters. The predicted molar refractivity (Wildman–Crippen MR) is 112 cm³/mol. The molecule has 3 aromatic rings. The van der Waals surface area contributed by atoms with Crippen LogP contribution in [0.15, 0.2) is 58.1 Å². The van der Waals surface area contributed by atoms with Crippen molar-refractivity contribution in [3.8, 4) is 0 Å². The fraction of sp³-hybridized carbons (Fsp3) is 0.190. The maximum Gasteiger partial charge on any atom is 0.328 e. The summed E-state index contributed by atoms with van der Waals surface area (Å²) < 4.78 is 6.02. The van der Waals surface area contributed by atoms with Crippen LogP contribution in [0.25, 0.3) is 10.8 Å². The van der Waals surface area contributed by atoms with E-state index < -0.39 is 35.6 Å². The van der Waals surface area contributed by atoms with Crippen LogP contribution in [0.2, 0.25) is 0 Å². The Morgan fingerprint density at radius 2 is 1.71 bits per heavy atom. The first-order valence-electron chi connectivity index (χ1n) is 9.47. The number of nitrogens with zero attached hydrogens (tertiary/aromatic N) is 2. The van der Waals surface area contributed by atoms with Gasteiger partial charge in [0.05, 0.1) is 22.1 Å². The van der Waals surface area contributed by atoms with Gasteiger partial charge in [-0.15, -0.1) is 0 Å². The van der Waals surface area contributed by atoms with Gasteiger partial charge in [-0.2, -0.15) is 0 Å². The minimum absolute atomic E-state index is 0.166. The molecule has 0 saturated heterocycles. The number of ether oxygens (including phenoxy) is 1. The van der Waals surface area contributed by atoms with Gasteiger partial charge < -0.3 is 10.1 Å². The van der Waals surface area contributed by atoms with Gasteiger partial charge in [0.2, 0.25) is 5.91 Å². The molecule has 2 aromatic carbocycles. The minimum Gasteiger partial charge on any atom is -0.451 e. The second-order valence-corrected chi connectivity index (χ2v) is 7.00. The molecule has 0 aliphatic carbocycles. The van der Waals surface area contributed by atoms with E-state index >= 15 is 0 Å². The number of hydrogen-bond donors (Lipinski definition) is 2. The van der Waals surface area contributed by atoms with Crippen molar-refractivity contribution in [2.45, 2.75) is 19.6 Å². The number of nitrogens with one attached hydrogen (secondary N) is 2. The Hall–Kier alpha value is -4.21. The molecule has 0 radical (unpaired) electrons. The molecule has 158 valence electrons. The number of anilines is 2. The molecule has 0 spiro atoms. The number of fused-ring (bicyclic) bond motifs is 2. The molecule has 2 amide bonds. The molecular weight excluding hydrogens is 404 g/mol. The molecule has 2 N–H and O–H groups in total. The van der Waals surface area contributed by atoms with E-state index in [1.165, 1.54) is 24.0 Å². The molecule has 1 aliphatic heterocycles. The molecule has 0 bridgehead atoms. The third-order valence-electron chi connectivity index (χ3n) is 4.86. The van der Waals surface area contributed by atoms with E-state index in [1.807, 2.05) is 0 Å². The van der Waals surface area contributed by atoms with Crippen molar-refractivity contribution in [2.24, 2.45) is 0 Å². The van der Waals surface area contributed by atoms with Gasteiger partial charge in [0.25, 0.3) is 17.0 Å². The zero-order chi connectivity index (χ0) is 22.1. The van der Waals surface area contributed by atoms with Crippen molar-refractivity contribution >= 4 is 39.9 Å². The lowest BCUT2D eigenvalue weighted by Crippen LogP contribution is -2.47. The molecule has 10 heteroatoms. The van der Waals surface area contributed by atoms with Crippen molar-refractivity contribution in [3.05, 3.63) is 69.2 Å². The Bertz CT molecular complexity index is 1330. The third kappa shape index (κ3) is 3.82. The first-order valence-corrected chi connectivity index (χ1v) is 9.47. The van der Waals surface area contributed by atoms with Gasteiger partial charge in [-0.25, -0.2) is 4.68 Å². The first kappa shape index (κ1) is 20.1. The summed E-state index contributed by atoms with van der Waals surface area (Å²) in [5.41, 5.74) is -0.119. The summed E-state index contributed by atoms with van der Waals surface area (Å²) in [5, 5.41) is 5.38. The Balaban J connectivity index is 1.51. The first-order chi connectivity index (χ1) is 14.8. The number of carbonyl (C=O) groups excluding carboxylic acids is 3. The molecule has 10 nitrogen and oxygen atoms in total. The van der Waals surface area contributed by atoms with E-state index in [0.29, 0.717) is 11.4 Å². The van der Waals surface area contributed by atoms with Crippen LogP contribution < -0.4 is 21.3 Å². The quantitative estimate of drug-likeness (QED) is 0.593. The highest BCUT2D eigenvalue weighted by Gasteiger charge is 2.31. The lowest BCUT2D eigenvalue weighted by molar-refractivity contribution is -0.154. The van der Waals surface area contributed by atoms with Gasteiger partial charge in [0.1, 0.15) is 13.1 Å². The summed E-state index contributed by atoms with van der Waals surface area (Å²) in [4.78, 5) is 63.0. The van der Waals surface area contributed by atoms with Crippen LogP contribution >= 0.6 is 0 Å². The molecule has 1 atom stereocenters. The molecule has 31 heavy (non-hydrogen) atoms. The van der Waals surface area contributed by atoms with E-state index in [-0.39, 0.29) is 23.2 Å². The zero-order valence-corrected chi connectivity index (χ0v) is 16.5. The maximum absolute atomic E-state index is 12.8. The number of carbonyl (C=O) groups is 3. The molecule has 1 aliphatic rings. The summed E-state index contributed by atoms with van der Waals surface area (Å²) >= 11 is 0. The average molecular weight is 422 g/mol. The Morgan fingerprint density at radius 1 is 1.03 bits per heavy atom. The summed E-state index contributed by atoms with van der Waals surface area (Å²) in [5.74, 6) is -1.84. The second-order valence-electron chi connectivity index (χ2n) is 7.00. The lowest BCUT2D eigenvalue weighted by Gasteiger charge is -2.30. The van der Waals surface area contributed by atoms with E-state index in [1.54, 1.807) is 36.4 Å². The molecule has 2 heterocycles. The van der Waals surface area contributed by atoms with Crippen molar-refractivity contribution in [2.75, 3.05) is 16.8 Å². The van der Waals surface area contributed by atoms with Gasteiger partial charge in [0, 0.05) is 0 Å². The topological polar surface area (TPSA) is 131 Å². The van der Waals surface area contributed by atoms with Crippen molar-refractivity contribution in [3.63, 3.8) is 0 Å². The van der Waals surface area contributed by atoms with E-state index in [4.69, 9.17) is 4.74 Å². The van der Waals surface area contributed by atoms with Crippen molar-refractivity contribution < 1.29 is 19.1 Å². The van der Waals surface area contributed by atoms with Gasteiger partial charge in [-0.1, -0.05) is 24.3 Å². The smallest absolute Gasteiger partial charge is 0.328 e. The molecule has 1 aromatic heterocycles. The van der Waals surface area contributed by atoms with E-state index in [9.17, 15) is 24.0 Å². The highest BCUT2D eigenvalue weighted by molar-refractivity contribution is 6.11. The number of aromatic nitrogens is 2. The molecule has 4 rings (SSSR count). The average Bonchev–Trinajstić information content (AvgIpc) is 2.76. The Labute approximate surface area is 175 Å². The number of esters is 1. The van der Waals surface area contributed by atoms with E-state index in [0.717, 1.165) is 4.68 Å². The fourth-order valence-corrected chi connectivity index (χ4v) is 3.42. The van der Waals surface area contributed by atoms with Crippen molar-refractivity contribution in [1.82, 2.24) is 9.78 Å². The molecule has 0 fully saturated rings. The number of benzene rings is 2. The van der Waals surface area contributed by atoms with Crippen LogP contribution in [0.1, 0.15) is 6.92 Å². The van der Waals surface area contributed by atoms with E-state index in [2.05, 4.69) is 10.4 Å². The third-order valence-corrected chi connectivity index (χ3v) is 4.86. The van der Waals surface area contributed by atoms with Crippen molar-refractivity contribution in [1.29, 1.82) is 0 Å². The highest BCUT2D eigenvalue weighted by Crippen LogP contribution is 2.29. The highest BCUT2D eigenvalue weighted by atomic mass is 16.5. The van der Waals surface area contributed by atoms with Gasteiger partial charge in [0.15, 0.2) is 6.10 Å². The Morgan fingerprint density at radius 3 is 2.48 bits per heavy atom. The van der Waals surface area contributed by atoms with Crippen LogP contribution in [0, 0.1) is 0 Å². The summed E-state index contributed by atoms with van der Waals surface area (Å²) in [6.45, 7) is 0.587. The molecule has 0 saturated carbocycles. The number of rotatable bonds is 4. The van der Waals surface area contributed by atoms with Crippen LogP contribution in [-0.4, -0.2) is 40.2 Å². The van der Waals surface area contributed by atoms with Crippen LogP contribution in [0.3, 0.4) is 0 Å². The van der Waals surface area contributed by atoms with Crippen LogP contribution in [0.4, 0.5) is 11.4 Å². The normalized spacial score (nSPS) is 14.0. The maximum atomic E-state index is 12.8. The second kappa shape index (κ2) is 7.90. The van der Waals surface area contributed by atoms with Crippen LogP contribution in [-0.2, 0) is 25.7 Å². The number of amides is 2. The number of para-hydroxylation sites is 2. The number of aromatic amines is 1.